The molecular weight excluding hydrogens is 411 g/mol. The number of nitrogens with one attached hydrogen (secondary N) is 1. The molecule has 5 heteroatoms. The van der Waals surface area contributed by atoms with E-state index in [1.807, 2.05) is 6.92 Å². The van der Waals surface area contributed by atoms with Crippen molar-refractivity contribution in [2.75, 3.05) is 26.2 Å². The number of piperidine rings is 1. The first-order valence-electron chi connectivity index (χ1n) is 8.53. The topological polar surface area (TPSA) is 53.6 Å². The Morgan fingerprint density at radius 1 is 1.33 bits per heavy atom. The molecule has 1 fully saturated rings. The predicted molar refractivity (Wildman–Crippen MR) is 114 cm³/mol. The van der Waals surface area contributed by atoms with Crippen molar-refractivity contribution in [3.05, 3.63) is 48.0 Å². The van der Waals surface area contributed by atoms with Gasteiger partial charge in [-0.15, -0.1) is 24.0 Å². The van der Waals surface area contributed by atoms with E-state index in [1.165, 1.54) is 18.4 Å². The van der Waals surface area contributed by atoms with E-state index in [-0.39, 0.29) is 24.0 Å². The van der Waals surface area contributed by atoms with Gasteiger partial charge in [0.05, 0.1) is 12.6 Å². The Morgan fingerprint density at radius 3 is 2.54 bits per heavy atom. The molecule has 1 aromatic carbocycles. The van der Waals surface area contributed by atoms with Crippen LogP contribution in [0.5, 0.6) is 0 Å². The third kappa shape index (κ3) is 6.81. The maximum Gasteiger partial charge on any atom is 0.188 e. The van der Waals surface area contributed by atoms with Gasteiger partial charge in [0.25, 0.3) is 0 Å². The monoisotopic (exact) mass is 442 g/mol. The van der Waals surface area contributed by atoms with Crippen LogP contribution in [-0.2, 0) is 0 Å². The Morgan fingerprint density at radius 2 is 1.96 bits per heavy atom. The van der Waals surface area contributed by atoms with Gasteiger partial charge in [0.2, 0.25) is 0 Å². The molecule has 4 nitrogen and oxygen atoms in total. The molecule has 1 aromatic rings. The van der Waals surface area contributed by atoms with Crippen LogP contribution in [0.3, 0.4) is 0 Å². The maximum absolute atomic E-state index is 5.98. The zero-order valence-electron chi connectivity index (χ0n) is 14.9. The summed E-state index contributed by atoms with van der Waals surface area (Å²) in [5, 5.41) is 3.11. The van der Waals surface area contributed by atoms with E-state index in [4.69, 9.17) is 5.73 Å². The van der Waals surface area contributed by atoms with Crippen LogP contribution in [0.15, 0.2) is 47.5 Å². The molecule has 0 aliphatic carbocycles. The fourth-order valence-corrected chi connectivity index (χ4v) is 2.93. The number of nitrogens with two attached hydrogens (primary N) is 1. The second-order valence-electron chi connectivity index (χ2n) is 6.68. The lowest BCUT2D eigenvalue weighted by atomic mass is 9.96. The van der Waals surface area contributed by atoms with Crippen LogP contribution in [0.2, 0.25) is 0 Å². The van der Waals surface area contributed by atoms with Gasteiger partial charge in [-0.3, -0.25) is 9.89 Å². The molecule has 0 aromatic heterocycles. The van der Waals surface area contributed by atoms with Gasteiger partial charge in [0, 0.05) is 6.54 Å². The minimum Gasteiger partial charge on any atom is -0.370 e. The molecule has 1 aliphatic heterocycles. The second kappa shape index (κ2) is 10.7. The fourth-order valence-electron chi connectivity index (χ4n) is 2.93. The average molecular weight is 442 g/mol. The van der Waals surface area contributed by atoms with Crippen LogP contribution in [-0.4, -0.2) is 37.0 Å². The Hall–Kier alpha value is -1.08. The highest BCUT2D eigenvalue weighted by atomic mass is 127. The zero-order valence-corrected chi connectivity index (χ0v) is 17.2. The van der Waals surface area contributed by atoms with Crippen LogP contribution in [0.1, 0.15) is 38.3 Å². The van der Waals surface area contributed by atoms with Crippen molar-refractivity contribution in [1.82, 2.24) is 10.2 Å². The van der Waals surface area contributed by atoms with E-state index in [2.05, 4.69) is 59.0 Å². The van der Waals surface area contributed by atoms with Crippen molar-refractivity contribution in [2.45, 2.75) is 32.7 Å². The van der Waals surface area contributed by atoms with E-state index in [9.17, 15) is 0 Å². The molecule has 1 heterocycles. The maximum atomic E-state index is 5.98. The summed E-state index contributed by atoms with van der Waals surface area (Å²) >= 11 is 0. The van der Waals surface area contributed by atoms with Crippen molar-refractivity contribution in [3.63, 3.8) is 0 Å². The Kier molecular flexibility index (Phi) is 9.36. The molecule has 2 rings (SSSR count). The predicted octanol–water partition coefficient (Wildman–Crippen LogP) is 3.56. The summed E-state index contributed by atoms with van der Waals surface area (Å²) in [6.07, 6.45) is 2.52. The molecule has 134 valence electrons. The van der Waals surface area contributed by atoms with Crippen LogP contribution in [0, 0.1) is 5.92 Å². The van der Waals surface area contributed by atoms with Gasteiger partial charge >= 0.3 is 0 Å². The Bertz CT molecular complexity index is 521. The van der Waals surface area contributed by atoms with Crippen LogP contribution in [0.4, 0.5) is 0 Å². The molecule has 1 unspecified atom stereocenters. The first-order chi connectivity index (χ1) is 11.1. The summed E-state index contributed by atoms with van der Waals surface area (Å²) in [5.41, 5.74) is 8.35. The fraction of sp³-hybridized carbons (Fsp3) is 0.526. The highest BCUT2D eigenvalue weighted by Gasteiger charge is 2.24. The summed E-state index contributed by atoms with van der Waals surface area (Å²) in [6.45, 7) is 11.8. The van der Waals surface area contributed by atoms with Gasteiger partial charge in [-0.25, -0.2) is 0 Å². The first-order valence-corrected chi connectivity index (χ1v) is 8.53. The van der Waals surface area contributed by atoms with Crippen molar-refractivity contribution < 1.29 is 0 Å². The molecular formula is C19H31IN4. The quantitative estimate of drug-likeness (QED) is 0.307. The third-order valence-electron chi connectivity index (χ3n) is 4.45. The van der Waals surface area contributed by atoms with E-state index < -0.39 is 0 Å². The lowest BCUT2D eigenvalue weighted by molar-refractivity contribution is 0.141. The number of rotatable bonds is 6. The summed E-state index contributed by atoms with van der Waals surface area (Å²) in [7, 11) is 0. The van der Waals surface area contributed by atoms with Gasteiger partial charge in [-0.2, -0.15) is 0 Å². The van der Waals surface area contributed by atoms with Crippen molar-refractivity contribution >= 4 is 29.9 Å². The number of nitrogens with zero attached hydrogens (tertiary/aromatic N) is 2. The first kappa shape index (κ1) is 21.0. The SMILES string of the molecule is C=C(C)CNC(N)=NCC(c1ccccc1)N1CCC(C)CC1.I. The summed E-state index contributed by atoms with van der Waals surface area (Å²) in [6, 6.07) is 10.9. The summed E-state index contributed by atoms with van der Waals surface area (Å²) in [4.78, 5) is 7.11. The van der Waals surface area contributed by atoms with Crippen molar-refractivity contribution in [3.8, 4) is 0 Å². The van der Waals surface area contributed by atoms with Crippen LogP contribution in [0.25, 0.3) is 0 Å². The summed E-state index contributed by atoms with van der Waals surface area (Å²) in [5.74, 6) is 1.33. The Labute approximate surface area is 163 Å². The minimum absolute atomic E-state index is 0. The lowest BCUT2D eigenvalue weighted by Gasteiger charge is -2.36. The standard InChI is InChI=1S/C19H30N4.HI/c1-15(2)13-21-19(20)22-14-18(17-7-5-4-6-8-17)23-11-9-16(3)10-12-23;/h4-8,16,18H,1,9-14H2,2-3H3,(H3,20,21,22);1H. The minimum atomic E-state index is 0. The molecule has 0 saturated carbocycles. The number of hydrogen-bond donors (Lipinski definition) is 2. The largest absolute Gasteiger partial charge is 0.370 e. The third-order valence-corrected chi connectivity index (χ3v) is 4.45. The molecule has 3 N–H and O–H groups in total. The molecule has 0 amide bonds. The van der Waals surface area contributed by atoms with E-state index in [0.29, 0.717) is 25.1 Å². The highest BCUT2D eigenvalue weighted by molar-refractivity contribution is 14.0. The Balaban J connectivity index is 0.00000288. The average Bonchev–Trinajstić information content (AvgIpc) is 2.55. The molecule has 24 heavy (non-hydrogen) atoms. The van der Waals surface area contributed by atoms with Crippen molar-refractivity contribution in [2.24, 2.45) is 16.6 Å². The molecule has 1 atom stereocenters. The molecule has 0 radical (unpaired) electrons. The van der Waals surface area contributed by atoms with Gasteiger partial charge < -0.3 is 11.1 Å². The number of benzene rings is 1. The number of halogens is 1. The smallest absolute Gasteiger partial charge is 0.188 e. The zero-order chi connectivity index (χ0) is 16.7. The number of guanidine groups is 1. The highest BCUT2D eigenvalue weighted by Crippen LogP contribution is 2.26. The number of likely N-dealkylation sites (tertiary alicyclic amines) is 1. The lowest BCUT2D eigenvalue weighted by Crippen LogP contribution is -2.39. The van der Waals surface area contributed by atoms with Gasteiger partial charge in [0.1, 0.15) is 0 Å². The molecule has 0 spiro atoms. The van der Waals surface area contributed by atoms with E-state index in [1.54, 1.807) is 0 Å². The number of aliphatic imine (C=N–C) groups is 1. The van der Waals surface area contributed by atoms with Crippen LogP contribution < -0.4 is 11.1 Å². The van der Waals surface area contributed by atoms with E-state index >= 15 is 0 Å². The molecule has 1 saturated heterocycles. The number of hydrogen-bond acceptors (Lipinski definition) is 2. The second-order valence-corrected chi connectivity index (χ2v) is 6.68. The molecule has 0 bridgehead atoms. The van der Waals surface area contributed by atoms with Gasteiger partial charge in [0.15, 0.2) is 5.96 Å². The van der Waals surface area contributed by atoms with E-state index in [0.717, 1.165) is 24.6 Å². The van der Waals surface area contributed by atoms with Crippen molar-refractivity contribution in [1.29, 1.82) is 0 Å². The summed E-state index contributed by atoms with van der Waals surface area (Å²) < 4.78 is 0. The molecule has 1 aliphatic rings. The van der Waals surface area contributed by atoms with Gasteiger partial charge in [-0.1, -0.05) is 49.4 Å². The van der Waals surface area contributed by atoms with Crippen LogP contribution >= 0.6 is 24.0 Å². The van der Waals surface area contributed by atoms with Gasteiger partial charge in [-0.05, 0) is 44.3 Å². The normalized spacial score (nSPS) is 17.8.